The second-order valence-electron chi connectivity index (χ2n) is 4.08. The first-order valence-corrected chi connectivity index (χ1v) is 5.63. The first-order valence-electron chi connectivity index (χ1n) is 5.63. The number of aliphatic carboxylic acids is 1. The van der Waals surface area contributed by atoms with Crippen LogP contribution in [0, 0.1) is 13.8 Å². The molecular weight excluding hydrogens is 236 g/mol. The van der Waals surface area contributed by atoms with E-state index in [2.05, 4.69) is 10.1 Å². The number of carboxylic acid groups (broad SMARTS) is 1. The van der Waals surface area contributed by atoms with Gasteiger partial charge in [-0.25, -0.2) is 18.9 Å². The van der Waals surface area contributed by atoms with Crippen molar-refractivity contribution < 1.29 is 9.90 Å². The van der Waals surface area contributed by atoms with E-state index in [4.69, 9.17) is 5.11 Å². The summed E-state index contributed by atoms with van der Waals surface area (Å²) in [5.41, 5.74) is 1.60. The Morgan fingerprint density at radius 2 is 2.06 bits per heavy atom. The van der Waals surface area contributed by atoms with E-state index in [0.29, 0.717) is 17.9 Å². The summed E-state index contributed by atoms with van der Waals surface area (Å²) in [5, 5.41) is 12.8. The predicted molar refractivity (Wildman–Crippen MR) is 63.7 cm³/mol. The quantitative estimate of drug-likeness (QED) is 0.837. The van der Waals surface area contributed by atoms with Crippen LogP contribution in [0.3, 0.4) is 0 Å². The predicted octanol–water partition coefficient (Wildman–Crippen LogP) is 0.155. The van der Waals surface area contributed by atoms with E-state index < -0.39 is 18.2 Å². The Hall–Kier alpha value is -2.18. The van der Waals surface area contributed by atoms with Crippen LogP contribution in [-0.2, 0) is 17.8 Å². The number of carboxylic acids is 1. The molecule has 2 rings (SSSR count). The molecule has 96 valence electrons. The van der Waals surface area contributed by atoms with Crippen LogP contribution in [-0.4, -0.2) is 30.2 Å². The third kappa shape index (κ3) is 1.77. The van der Waals surface area contributed by atoms with Crippen molar-refractivity contribution in [3.63, 3.8) is 0 Å². The number of carbonyl (C=O) groups is 1. The number of hydrogen-bond donors (Lipinski definition) is 1. The van der Waals surface area contributed by atoms with Gasteiger partial charge in [0.15, 0.2) is 5.65 Å². The fraction of sp³-hybridized carbons (Fsp3) is 0.455. The number of hydrogen-bond acceptors (Lipinski definition) is 4. The van der Waals surface area contributed by atoms with Crippen molar-refractivity contribution in [2.75, 3.05) is 0 Å². The molecule has 0 aliphatic rings. The molecule has 2 heterocycles. The van der Waals surface area contributed by atoms with Gasteiger partial charge in [0.25, 0.3) is 0 Å². The molecule has 0 radical (unpaired) electrons. The van der Waals surface area contributed by atoms with E-state index in [1.54, 1.807) is 0 Å². The highest BCUT2D eigenvalue weighted by molar-refractivity contribution is 5.66. The van der Waals surface area contributed by atoms with Crippen LogP contribution in [0.4, 0.5) is 0 Å². The Kier molecular flexibility index (Phi) is 2.90. The molecular formula is C11H14N4O3. The number of rotatable bonds is 3. The number of nitrogens with zero attached hydrogens (tertiary/aromatic N) is 4. The van der Waals surface area contributed by atoms with Crippen molar-refractivity contribution in [2.45, 2.75) is 33.7 Å². The number of aryl methyl sites for hydroxylation is 3. The third-order valence-electron chi connectivity index (χ3n) is 2.87. The summed E-state index contributed by atoms with van der Waals surface area (Å²) >= 11 is 0. The standard InChI is InChI=1S/C11H14N4O3/c1-4-8-12-7(3)6(2)10-13-14(5-9(16)17)11(18)15(8)10/h4-5H2,1-3H3,(H,16,17). The van der Waals surface area contributed by atoms with Crippen LogP contribution in [0.5, 0.6) is 0 Å². The summed E-state index contributed by atoms with van der Waals surface area (Å²) < 4.78 is 2.33. The van der Waals surface area contributed by atoms with Gasteiger partial charge in [-0.15, -0.1) is 5.10 Å². The first-order chi connectivity index (χ1) is 8.45. The molecule has 2 aromatic heterocycles. The number of aromatic nitrogens is 4. The lowest BCUT2D eigenvalue weighted by atomic mass is 10.2. The van der Waals surface area contributed by atoms with E-state index in [0.717, 1.165) is 15.9 Å². The zero-order chi connectivity index (χ0) is 13.4. The van der Waals surface area contributed by atoms with Gasteiger partial charge in [0, 0.05) is 17.7 Å². The van der Waals surface area contributed by atoms with Crippen LogP contribution < -0.4 is 5.69 Å². The summed E-state index contributed by atoms with van der Waals surface area (Å²) in [7, 11) is 0. The molecule has 0 aliphatic heterocycles. The molecule has 7 heteroatoms. The summed E-state index contributed by atoms with van der Waals surface area (Å²) in [4.78, 5) is 27.1. The Labute approximate surface area is 103 Å². The molecule has 7 nitrogen and oxygen atoms in total. The van der Waals surface area contributed by atoms with Gasteiger partial charge in [-0.05, 0) is 13.8 Å². The second-order valence-corrected chi connectivity index (χ2v) is 4.08. The zero-order valence-corrected chi connectivity index (χ0v) is 10.5. The van der Waals surface area contributed by atoms with Crippen molar-refractivity contribution >= 4 is 11.6 Å². The highest BCUT2D eigenvalue weighted by Gasteiger charge is 2.16. The Bertz CT molecular complexity index is 684. The second kappa shape index (κ2) is 4.25. The smallest absolute Gasteiger partial charge is 0.352 e. The Balaban J connectivity index is 2.82. The fourth-order valence-electron chi connectivity index (χ4n) is 1.84. The summed E-state index contributed by atoms with van der Waals surface area (Å²) in [6, 6.07) is 0. The van der Waals surface area contributed by atoms with Gasteiger partial charge in [-0.2, -0.15) is 0 Å². The van der Waals surface area contributed by atoms with Crippen LogP contribution in [0.2, 0.25) is 0 Å². The van der Waals surface area contributed by atoms with Crippen molar-refractivity contribution in [1.82, 2.24) is 19.2 Å². The average Bonchev–Trinajstić information content (AvgIpc) is 2.62. The highest BCUT2D eigenvalue weighted by atomic mass is 16.4. The molecule has 0 fully saturated rings. The maximum Gasteiger partial charge on any atom is 0.352 e. The highest BCUT2D eigenvalue weighted by Crippen LogP contribution is 2.11. The SMILES string of the molecule is CCc1nc(C)c(C)c2nn(CC(=O)O)c(=O)n12. The Morgan fingerprint density at radius 1 is 1.39 bits per heavy atom. The van der Waals surface area contributed by atoms with Gasteiger partial charge in [-0.3, -0.25) is 4.79 Å². The van der Waals surface area contributed by atoms with Gasteiger partial charge >= 0.3 is 11.7 Å². The molecule has 1 N–H and O–H groups in total. The normalized spacial score (nSPS) is 11.1. The maximum absolute atomic E-state index is 12.1. The molecule has 2 aromatic rings. The maximum atomic E-state index is 12.1. The topological polar surface area (TPSA) is 89.5 Å². The molecule has 0 aromatic carbocycles. The van der Waals surface area contributed by atoms with E-state index in [9.17, 15) is 9.59 Å². The molecule has 0 bridgehead atoms. The van der Waals surface area contributed by atoms with E-state index in [1.165, 1.54) is 4.40 Å². The lowest BCUT2D eigenvalue weighted by Gasteiger charge is -2.04. The van der Waals surface area contributed by atoms with Crippen molar-refractivity contribution in [2.24, 2.45) is 0 Å². The molecule has 0 saturated heterocycles. The third-order valence-corrected chi connectivity index (χ3v) is 2.87. The average molecular weight is 250 g/mol. The molecule has 0 saturated carbocycles. The van der Waals surface area contributed by atoms with Crippen LogP contribution in [0.1, 0.15) is 24.0 Å². The van der Waals surface area contributed by atoms with Gasteiger partial charge in [0.1, 0.15) is 12.4 Å². The lowest BCUT2D eigenvalue weighted by Crippen LogP contribution is -2.26. The van der Waals surface area contributed by atoms with E-state index >= 15 is 0 Å². The van der Waals surface area contributed by atoms with E-state index in [1.807, 2.05) is 20.8 Å². The van der Waals surface area contributed by atoms with Gasteiger partial charge in [0.2, 0.25) is 0 Å². The van der Waals surface area contributed by atoms with Crippen LogP contribution in [0.15, 0.2) is 4.79 Å². The van der Waals surface area contributed by atoms with Gasteiger partial charge in [-0.1, -0.05) is 6.92 Å². The first kappa shape index (κ1) is 12.3. The minimum Gasteiger partial charge on any atom is -0.480 e. The monoisotopic (exact) mass is 250 g/mol. The van der Waals surface area contributed by atoms with Gasteiger partial charge in [0.05, 0.1) is 0 Å². The van der Waals surface area contributed by atoms with Gasteiger partial charge < -0.3 is 5.11 Å². The molecule has 0 atom stereocenters. The molecule has 18 heavy (non-hydrogen) atoms. The van der Waals surface area contributed by atoms with Crippen LogP contribution >= 0.6 is 0 Å². The summed E-state index contributed by atoms with van der Waals surface area (Å²) in [6.07, 6.45) is 0.580. The minimum atomic E-state index is -1.10. The van der Waals surface area contributed by atoms with E-state index in [-0.39, 0.29) is 0 Å². The largest absolute Gasteiger partial charge is 0.480 e. The summed E-state index contributed by atoms with van der Waals surface area (Å²) in [5.74, 6) is -0.504. The lowest BCUT2D eigenvalue weighted by molar-refractivity contribution is -0.137. The minimum absolute atomic E-state index is 0.442. The number of fused-ring (bicyclic) bond motifs is 1. The van der Waals surface area contributed by atoms with Crippen molar-refractivity contribution in [3.05, 3.63) is 27.6 Å². The fourth-order valence-corrected chi connectivity index (χ4v) is 1.84. The van der Waals surface area contributed by atoms with Crippen molar-refractivity contribution in [1.29, 1.82) is 0 Å². The molecule has 0 amide bonds. The summed E-state index contributed by atoms with van der Waals surface area (Å²) in [6.45, 7) is 5.10. The molecule has 0 spiro atoms. The molecule has 0 unspecified atom stereocenters. The van der Waals surface area contributed by atoms with Crippen molar-refractivity contribution in [3.8, 4) is 0 Å². The molecule has 0 aliphatic carbocycles. The zero-order valence-electron chi connectivity index (χ0n) is 10.5. The van der Waals surface area contributed by atoms with Crippen LogP contribution in [0.25, 0.3) is 5.65 Å². The Morgan fingerprint density at radius 3 is 2.61 bits per heavy atom.